The topological polar surface area (TPSA) is 64.6 Å². The van der Waals surface area contributed by atoms with E-state index in [1.54, 1.807) is 6.08 Å². The van der Waals surface area contributed by atoms with Crippen molar-refractivity contribution in [2.45, 2.75) is 25.8 Å². The van der Waals surface area contributed by atoms with Gasteiger partial charge in [-0.05, 0) is 25.3 Å². The molecule has 0 saturated heterocycles. The molecule has 0 bridgehead atoms. The molecule has 0 fully saturated rings. The number of rotatable bonds is 8. The number of benzene rings is 1. The van der Waals surface area contributed by atoms with Crippen LogP contribution in [0, 0.1) is 0 Å². The third-order valence-electron chi connectivity index (χ3n) is 3.23. The normalized spacial score (nSPS) is 12.7. The Morgan fingerprint density at radius 3 is 2.39 bits per heavy atom. The Balaban J connectivity index is 2.69. The van der Waals surface area contributed by atoms with E-state index in [9.17, 15) is 9.59 Å². The smallest absolute Gasteiger partial charge is 0.332 e. The number of ether oxygens (including phenoxy) is 2. The van der Waals surface area contributed by atoms with Crippen LogP contribution in [-0.2, 0) is 19.1 Å². The Morgan fingerprint density at radius 2 is 1.78 bits per heavy atom. The van der Waals surface area contributed by atoms with E-state index in [1.165, 1.54) is 26.4 Å². The monoisotopic (exact) mass is 317 g/mol. The average Bonchev–Trinajstić information content (AvgIpc) is 2.58. The molecule has 1 rings (SSSR count). The van der Waals surface area contributed by atoms with Crippen LogP contribution in [0.3, 0.4) is 0 Å². The van der Waals surface area contributed by atoms with Gasteiger partial charge in [-0.1, -0.05) is 36.4 Å². The van der Waals surface area contributed by atoms with E-state index in [1.807, 2.05) is 37.3 Å². The van der Waals surface area contributed by atoms with Gasteiger partial charge < -0.3 is 14.8 Å². The highest BCUT2D eigenvalue weighted by Crippen LogP contribution is 2.15. The molecule has 1 atom stereocenters. The zero-order valence-electron chi connectivity index (χ0n) is 13.7. The van der Waals surface area contributed by atoms with E-state index in [-0.39, 0.29) is 6.04 Å². The molecule has 23 heavy (non-hydrogen) atoms. The molecule has 124 valence electrons. The molecule has 1 N–H and O–H groups in total. The maximum atomic E-state index is 11.5. The van der Waals surface area contributed by atoms with Crippen molar-refractivity contribution in [3.05, 3.63) is 59.8 Å². The number of hydrogen-bond acceptors (Lipinski definition) is 5. The first-order valence-corrected chi connectivity index (χ1v) is 7.41. The fourth-order valence-electron chi connectivity index (χ4n) is 1.98. The number of nitrogens with one attached hydrogen (secondary N) is 1. The first-order valence-electron chi connectivity index (χ1n) is 7.41. The number of carbonyl (C=O) groups excluding carboxylic acids is 2. The van der Waals surface area contributed by atoms with Crippen LogP contribution < -0.4 is 5.32 Å². The van der Waals surface area contributed by atoms with Crippen molar-refractivity contribution < 1.29 is 19.1 Å². The van der Waals surface area contributed by atoms with Gasteiger partial charge in [0.05, 0.1) is 14.2 Å². The number of carbonyl (C=O) groups is 2. The Hall–Kier alpha value is -2.56. The van der Waals surface area contributed by atoms with Crippen molar-refractivity contribution in [3.63, 3.8) is 0 Å². The molecular weight excluding hydrogens is 294 g/mol. The van der Waals surface area contributed by atoms with Crippen LogP contribution >= 0.6 is 0 Å². The summed E-state index contributed by atoms with van der Waals surface area (Å²) < 4.78 is 9.21. The van der Waals surface area contributed by atoms with Gasteiger partial charge in [0, 0.05) is 23.9 Å². The van der Waals surface area contributed by atoms with Gasteiger partial charge in [0.15, 0.2) is 0 Å². The highest BCUT2D eigenvalue weighted by Gasteiger charge is 2.08. The fraction of sp³-hybridized carbons (Fsp3) is 0.333. The molecule has 0 unspecified atom stereocenters. The van der Waals surface area contributed by atoms with Gasteiger partial charge in [-0.3, -0.25) is 0 Å². The maximum Gasteiger partial charge on any atom is 0.332 e. The Bertz CT molecular complexity index is 564. The summed E-state index contributed by atoms with van der Waals surface area (Å²) in [6.07, 6.45) is 5.71. The lowest BCUT2D eigenvalue weighted by Gasteiger charge is -2.18. The number of esters is 2. The number of hydrogen-bond donors (Lipinski definition) is 1. The lowest BCUT2D eigenvalue weighted by Crippen LogP contribution is -2.19. The molecule has 0 radical (unpaired) electrons. The van der Waals surface area contributed by atoms with Gasteiger partial charge in [-0.2, -0.15) is 0 Å². The third kappa shape index (κ3) is 7.31. The van der Waals surface area contributed by atoms with E-state index in [2.05, 4.69) is 14.8 Å². The third-order valence-corrected chi connectivity index (χ3v) is 3.23. The predicted octanol–water partition coefficient (Wildman–Crippen LogP) is 2.90. The molecule has 0 aliphatic heterocycles. The van der Waals surface area contributed by atoms with Crippen molar-refractivity contribution in [3.8, 4) is 0 Å². The minimum Gasteiger partial charge on any atom is -0.466 e. The van der Waals surface area contributed by atoms with Crippen molar-refractivity contribution in [2.75, 3.05) is 14.2 Å². The molecule has 1 aromatic carbocycles. The molecule has 0 saturated carbocycles. The zero-order chi connectivity index (χ0) is 17.1. The standard InChI is InChI=1S/C18H23NO4/c1-14(15-9-5-4-6-10-15)19-16(13-18(21)23-3)11-7-8-12-17(20)22-2/h4-6,8-10,12-14,19H,7,11H2,1-3H3/b12-8+,16-13-/t14-/m1/s1. The second-order valence-corrected chi connectivity index (χ2v) is 4.93. The van der Waals surface area contributed by atoms with Gasteiger partial charge >= 0.3 is 11.9 Å². The van der Waals surface area contributed by atoms with Gasteiger partial charge in [-0.25, -0.2) is 9.59 Å². The lowest BCUT2D eigenvalue weighted by atomic mass is 10.1. The highest BCUT2D eigenvalue weighted by molar-refractivity contribution is 5.82. The van der Waals surface area contributed by atoms with Crippen molar-refractivity contribution in [1.82, 2.24) is 5.32 Å². The fourth-order valence-corrected chi connectivity index (χ4v) is 1.98. The Kier molecular flexibility index (Phi) is 8.21. The molecule has 0 aromatic heterocycles. The first-order chi connectivity index (χ1) is 11.1. The van der Waals surface area contributed by atoms with Crippen LogP contribution in [0.25, 0.3) is 0 Å². The highest BCUT2D eigenvalue weighted by atomic mass is 16.5. The summed E-state index contributed by atoms with van der Waals surface area (Å²) in [4.78, 5) is 22.5. The van der Waals surface area contributed by atoms with Crippen LogP contribution in [-0.4, -0.2) is 26.2 Å². The Morgan fingerprint density at radius 1 is 1.13 bits per heavy atom. The molecule has 5 nitrogen and oxygen atoms in total. The van der Waals surface area contributed by atoms with Crippen LogP contribution in [0.5, 0.6) is 0 Å². The number of allylic oxidation sites excluding steroid dienone is 2. The van der Waals surface area contributed by atoms with Crippen LogP contribution in [0.2, 0.25) is 0 Å². The summed E-state index contributed by atoms with van der Waals surface area (Å²) >= 11 is 0. The van der Waals surface area contributed by atoms with E-state index < -0.39 is 11.9 Å². The van der Waals surface area contributed by atoms with Crippen LogP contribution in [0.4, 0.5) is 0 Å². The van der Waals surface area contributed by atoms with E-state index >= 15 is 0 Å². The minimum absolute atomic E-state index is 0.0525. The molecule has 1 aromatic rings. The van der Waals surface area contributed by atoms with Gasteiger partial charge in [0.25, 0.3) is 0 Å². The van der Waals surface area contributed by atoms with Crippen molar-refractivity contribution >= 4 is 11.9 Å². The summed E-state index contributed by atoms with van der Waals surface area (Å²) in [6.45, 7) is 2.02. The van der Waals surface area contributed by atoms with Crippen molar-refractivity contribution in [1.29, 1.82) is 0 Å². The van der Waals surface area contributed by atoms with E-state index in [0.29, 0.717) is 12.8 Å². The second kappa shape index (κ2) is 10.2. The van der Waals surface area contributed by atoms with Gasteiger partial charge in [-0.15, -0.1) is 0 Å². The van der Waals surface area contributed by atoms with Crippen LogP contribution in [0.15, 0.2) is 54.3 Å². The summed E-state index contributed by atoms with van der Waals surface area (Å²) in [7, 11) is 2.67. The molecular formula is C18H23NO4. The lowest BCUT2D eigenvalue weighted by molar-refractivity contribution is -0.135. The minimum atomic E-state index is -0.412. The summed E-state index contributed by atoms with van der Waals surface area (Å²) in [5.41, 5.74) is 1.87. The predicted molar refractivity (Wildman–Crippen MR) is 88.5 cm³/mol. The first kappa shape index (κ1) is 18.5. The SMILES string of the molecule is COC(=O)/C=C(/CC/C=C/C(=O)OC)N[C@H](C)c1ccccc1. The van der Waals surface area contributed by atoms with Gasteiger partial charge in [0.2, 0.25) is 0 Å². The average molecular weight is 317 g/mol. The molecule has 0 aliphatic carbocycles. The largest absolute Gasteiger partial charge is 0.466 e. The summed E-state index contributed by atoms with van der Waals surface area (Å²) in [6, 6.07) is 9.98. The molecule has 0 amide bonds. The number of methoxy groups -OCH3 is 2. The Labute approximate surface area is 137 Å². The van der Waals surface area contributed by atoms with Crippen LogP contribution in [0.1, 0.15) is 31.4 Å². The quantitative estimate of drug-likeness (QED) is 0.590. The van der Waals surface area contributed by atoms with Gasteiger partial charge in [0.1, 0.15) is 0 Å². The van der Waals surface area contributed by atoms with E-state index in [4.69, 9.17) is 0 Å². The zero-order valence-corrected chi connectivity index (χ0v) is 13.7. The maximum absolute atomic E-state index is 11.5. The summed E-state index contributed by atoms with van der Waals surface area (Å²) in [5, 5.41) is 3.31. The van der Waals surface area contributed by atoms with Crippen molar-refractivity contribution in [2.24, 2.45) is 0 Å². The second-order valence-electron chi connectivity index (χ2n) is 4.93. The molecule has 0 heterocycles. The molecule has 0 spiro atoms. The molecule has 5 heteroatoms. The van der Waals surface area contributed by atoms with E-state index in [0.717, 1.165) is 11.3 Å². The summed E-state index contributed by atoms with van der Waals surface area (Å²) in [5.74, 6) is -0.807. The molecule has 0 aliphatic rings.